The van der Waals surface area contributed by atoms with Gasteiger partial charge >= 0.3 is 6.09 Å². The molecule has 1 aromatic carbocycles. The van der Waals surface area contributed by atoms with Crippen molar-refractivity contribution in [3.8, 4) is 0 Å². The zero-order valence-corrected chi connectivity index (χ0v) is 24.8. The van der Waals surface area contributed by atoms with Gasteiger partial charge in [0.05, 0.1) is 0 Å². The summed E-state index contributed by atoms with van der Waals surface area (Å²) in [5, 5.41) is 5.78. The first-order chi connectivity index (χ1) is 18.5. The van der Waals surface area contributed by atoms with Crippen molar-refractivity contribution in [3.63, 3.8) is 0 Å². The lowest BCUT2D eigenvalue weighted by Crippen LogP contribution is -2.28. The van der Waals surface area contributed by atoms with Crippen LogP contribution in [0.2, 0.25) is 0 Å². The quantitative estimate of drug-likeness (QED) is 0.133. The Labute approximate surface area is 233 Å². The van der Waals surface area contributed by atoms with Crippen LogP contribution in [0.15, 0.2) is 24.3 Å². The first kappa shape index (κ1) is 33.9. The number of alkyl carbamates (subject to hydrolysis) is 1. The van der Waals surface area contributed by atoms with E-state index >= 15 is 0 Å². The molecule has 0 aromatic heterocycles. The summed E-state index contributed by atoms with van der Waals surface area (Å²) in [6.45, 7) is 4.52. The van der Waals surface area contributed by atoms with E-state index < -0.39 is 6.09 Å². The number of carbonyl (C=O) groups is 2. The second-order valence-electron chi connectivity index (χ2n) is 10.9. The standard InChI is InChI=1S/C32H57N3O3/c1-4-5-6-7-8-9-10-11-12-13-14-15-16-17-18-21-25-33-31(36)30-24-20-19-23-29(30)28-38-32(37)34-26-22-27-35(2)3/h19-20,23-24H,4-18,21-22,25-28H2,1-3H3,(H,33,36)(H,34,37). The number of rotatable bonds is 24. The van der Waals surface area contributed by atoms with Gasteiger partial charge in [0.15, 0.2) is 0 Å². The minimum absolute atomic E-state index is 0.0855. The summed E-state index contributed by atoms with van der Waals surface area (Å²) in [4.78, 5) is 26.7. The van der Waals surface area contributed by atoms with Gasteiger partial charge in [-0.3, -0.25) is 4.79 Å². The van der Waals surface area contributed by atoms with Crippen molar-refractivity contribution in [1.29, 1.82) is 0 Å². The molecule has 0 saturated carbocycles. The van der Waals surface area contributed by atoms with Gasteiger partial charge in [0.2, 0.25) is 0 Å². The third-order valence-electron chi connectivity index (χ3n) is 6.99. The van der Waals surface area contributed by atoms with Crippen molar-refractivity contribution < 1.29 is 14.3 Å². The van der Waals surface area contributed by atoms with Gasteiger partial charge in [-0.1, -0.05) is 121 Å². The molecule has 0 spiro atoms. The molecule has 6 heteroatoms. The summed E-state index contributed by atoms with van der Waals surface area (Å²) < 4.78 is 5.32. The molecule has 6 nitrogen and oxygen atoms in total. The number of benzene rings is 1. The van der Waals surface area contributed by atoms with E-state index in [1.807, 2.05) is 32.3 Å². The van der Waals surface area contributed by atoms with Gasteiger partial charge in [-0.2, -0.15) is 0 Å². The summed E-state index contributed by atoms with van der Waals surface area (Å²) in [6, 6.07) is 7.33. The van der Waals surface area contributed by atoms with E-state index in [9.17, 15) is 9.59 Å². The Kier molecular flexibility index (Phi) is 21.4. The summed E-state index contributed by atoms with van der Waals surface area (Å²) in [5.74, 6) is -0.100. The van der Waals surface area contributed by atoms with E-state index in [0.29, 0.717) is 18.7 Å². The molecule has 0 atom stereocenters. The van der Waals surface area contributed by atoms with Crippen LogP contribution in [0, 0.1) is 0 Å². The maximum absolute atomic E-state index is 12.7. The lowest BCUT2D eigenvalue weighted by Gasteiger charge is -2.12. The highest BCUT2D eigenvalue weighted by molar-refractivity contribution is 5.95. The minimum atomic E-state index is -0.452. The van der Waals surface area contributed by atoms with Crippen molar-refractivity contribution in [2.75, 3.05) is 33.7 Å². The van der Waals surface area contributed by atoms with Crippen LogP contribution in [-0.2, 0) is 11.3 Å². The third-order valence-corrected chi connectivity index (χ3v) is 6.99. The first-order valence-electron chi connectivity index (χ1n) is 15.5. The maximum Gasteiger partial charge on any atom is 0.407 e. The molecule has 1 aromatic rings. The van der Waals surface area contributed by atoms with E-state index in [1.165, 1.54) is 89.9 Å². The van der Waals surface area contributed by atoms with Crippen LogP contribution in [0.4, 0.5) is 4.79 Å². The second kappa shape index (κ2) is 24.0. The minimum Gasteiger partial charge on any atom is -0.445 e. The molecule has 0 bridgehead atoms. The Balaban J connectivity index is 2.04. The average Bonchev–Trinajstić information content (AvgIpc) is 2.91. The molecule has 1 rings (SSSR count). The van der Waals surface area contributed by atoms with E-state index in [2.05, 4.69) is 22.5 Å². The number of hydrogen-bond acceptors (Lipinski definition) is 4. The van der Waals surface area contributed by atoms with Gasteiger partial charge in [0.25, 0.3) is 5.91 Å². The van der Waals surface area contributed by atoms with Crippen molar-refractivity contribution in [3.05, 3.63) is 35.4 Å². The van der Waals surface area contributed by atoms with E-state index in [4.69, 9.17) is 4.74 Å². The Morgan fingerprint density at radius 1 is 0.684 bits per heavy atom. The van der Waals surface area contributed by atoms with Crippen LogP contribution in [-0.4, -0.2) is 50.6 Å². The van der Waals surface area contributed by atoms with Crippen molar-refractivity contribution in [1.82, 2.24) is 15.5 Å². The summed E-state index contributed by atoms with van der Waals surface area (Å²) >= 11 is 0. The van der Waals surface area contributed by atoms with Gasteiger partial charge in [-0.15, -0.1) is 0 Å². The lowest BCUT2D eigenvalue weighted by molar-refractivity contribution is 0.0946. The molecule has 218 valence electrons. The fourth-order valence-corrected chi connectivity index (χ4v) is 4.62. The van der Waals surface area contributed by atoms with Crippen molar-refractivity contribution >= 4 is 12.0 Å². The molecule has 38 heavy (non-hydrogen) atoms. The van der Waals surface area contributed by atoms with Gasteiger partial charge in [0, 0.05) is 24.2 Å². The molecule has 0 fully saturated rings. The zero-order valence-electron chi connectivity index (χ0n) is 24.8. The SMILES string of the molecule is CCCCCCCCCCCCCCCCCCNC(=O)c1ccccc1COC(=O)NCCCN(C)C. The second-order valence-corrected chi connectivity index (χ2v) is 10.9. The van der Waals surface area contributed by atoms with Gasteiger partial charge in [0.1, 0.15) is 6.61 Å². The molecular formula is C32H57N3O3. The molecule has 0 heterocycles. The highest BCUT2D eigenvalue weighted by Crippen LogP contribution is 2.14. The van der Waals surface area contributed by atoms with Crippen LogP contribution < -0.4 is 10.6 Å². The van der Waals surface area contributed by atoms with Crippen LogP contribution in [0.1, 0.15) is 132 Å². The number of nitrogens with zero attached hydrogens (tertiary/aromatic N) is 1. The average molecular weight is 532 g/mol. The first-order valence-corrected chi connectivity index (χ1v) is 15.5. The Morgan fingerprint density at radius 2 is 1.18 bits per heavy atom. The Hall–Kier alpha value is -2.08. The third kappa shape index (κ3) is 19.1. The molecule has 0 radical (unpaired) electrons. The zero-order chi connectivity index (χ0) is 27.7. The number of unbranched alkanes of at least 4 members (excludes halogenated alkanes) is 15. The number of carbonyl (C=O) groups excluding carboxylic acids is 2. The molecule has 0 saturated heterocycles. The number of hydrogen-bond donors (Lipinski definition) is 2. The normalized spacial score (nSPS) is 11.1. The Bertz CT molecular complexity index is 724. The predicted octanol–water partition coefficient (Wildman–Crippen LogP) is 7.86. The summed E-state index contributed by atoms with van der Waals surface area (Å²) in [7, 11) is 4.00. The summed E-state index contributed by atoms with van der Waals surface area (Å²) in [5.41, 5.74) is 1.30. The fourth-order valence-electron chi connectivity index (χ4n) is 4.62. The van der Waals surface area contributed by atoms with E-state index in [1.54, 1.807) is 6.07 Å². The highest BCUT2D eigenvalue weighted by Gasteiger charge is 2.12. The molecule has 2 N–H and O–H groups in total. The fraction of sp³-hybridized carbons (Fsp3) is 0.750. The number of amides is 2. The monoisotopic (exact) mass is 531 g/mol. The molecule has 0 aliphatic heterocycles. The molecule has 0 aliphatic carbocycles. The van der Waals surface area contributed by atoms with E-state index in [0.717, 1.165) is 31.4 Å². The smallest absolute Gasteiger partial charge is 0.407 e. The Morgan fingerprint density at radius 3 is 1.74 bits per heavy atom. The lowest BCUT2D eigenvalue weighted by atomic mass is 10.0. The largest absolute Gasteiger partial charge is 0.445 e. The van der Waals surface area contributed by atoms with Crippen LogP contribution >= 0.6 is 0 Å². The molecule has 0 aliphatic rings. The van der Waals surface area contributed by atoms with Crippen molar-refractivity contribution in [2.45, 2.75) is 123 Å². The van der Waals surface area contributed by atoms with Crippen LogP contribution in [0.5, 0.6) is 0 Å². The van der Waals surface area contributed by atoms with Crippen molar-refractivity contribution in [2.24, 2.45) is 0 Å². The van der Waals surface area contributed by atoms with Crippen LogP contribution in [0.25, 0.3) is 0 Å². The highest BCUT2D eigenvalue weighted by atomic mass is 16.5. The number of ether oxygens (including phenoxy) is 1. The van der Waals surface area contributed by atoms with Crippen LogP contribution in [0.3, 0.4) is 0 Å². The van der Waals surface area contributed by atoms with E-state index in [-0.39, 0.29) is 12.5 Å². The summed E-state index contributed by atoms with van der Waals surface area (Å²) in [6.07, 6.45) is 21.8. The molecule has 0 unspecified atom stereocenters. The van der Waals surface area contributed by atoms with Gasteiger partial charge in [-0.25, -0.2) is 4.79 Å². The predicted molar refractivity (Wildman–Crippen MR) is 160 cm³/mol. The molecular weight excluding hydrogens is 474 g/mol. The number of nitrogens with one attached hydrogen (secondary N) is 2. The topological polar surface area (TPSA) is 70.7 Å². The molecule has 2 amide bonds. The van der Waals surface area contributed by atoms with Gasteiger partial charge < -0.3 is 20.3 Å². The van der Waals surface area contributed by atoms with Gasteiger partial charge in [-0.05, 0) is 39.5 Å². The maximum atomic E-state index is 12.7.